The molecule has 2 aromatic rings. The summed E-state index contributed by atoms with van der Waals surface area (Å²) >= 11 is 0. The van der Waals surface area contributed by atoms with Gasteiger partial charge in [0.25, 0.3) is 0 Å². The number of hydrogen-bond acceptors (Lipinski definition) is 3. The van der Waals surface area contributed by atoms with Crippen molar-refractivity contribution in [3.8, 4) is 0 Å². The zero-order valence-electron chi connectivity index (χ0n) is 10.1. The standard InChI is InChI=1S/C13H9F3N2O2/c14-9-5-11(16)13(18(19)20)12(6-9)17-7-8-3-1-2-4-10(8)15/h1-6,17H,7H2. The monoisotopic (exact) mass is 282 g/mol. The molecule has 0 aliphatic heterocycles. The first-order chi connectivity index (χ1) is 9.49. The maximum atomic E-state index is 13.4. The number of halogens is 3. The van der Waals surface area contributed by atoms with E-state index in [1.165, 1.54) is 18.2 Å². The van der Waals surface area contributed by atoms with Crippen LogP contribution >= 0.6 is 0 Å². The molecule has 0 radical (unpaired) electrons. The predicted octanol–water partition coefficient (Wildman–Crippen LogP) is 3.62. The van der Waals surface area contributed by atoms with Gasteiger partial charge in [0, 0.05) is 24.2 Å². The molecule has 0 spiro atoms. The number of benzene rings is 2. The number of rotatable bonds is 4. The summed E-state index contributed by atoms with van der Waals surface area (Å²) in [6.07, 6.45) is 0. The largest absolute Gasteiger partial charge is 0.375 e. The van der Waals surface area contributed by atoms with Crippen molar-refractivity contribution in [2.24, 2.45) is 0 Å². The highest BCUT2D eigenvalue weighted by atomic mass is 19.1. The molecule has 0 saturated heterocycles. The number of anilines is 1. The fourth-order valence-electron chi connectivity index (χ4n) is 1.72. The van der Waals surface area contributed by atoms with Gasteiger partial charge in [0.1, 0.15) is 17.3 Å². The molecule has 2 aromatic carbocycles. The molecule has 0 heterocycles. The quantitative estimate of drug-likeness (QED) is 0.688. The Morgan fingerprint density at radius 2 is 1.80 bits per heavy atom. The average molecular weight is 282 g/mol. The van der Waals surface area contributed by atoms with Crippen LogP contribution in [0.3, 0.4) is 0 Å². The zero-order valence-corrected chi connectivity index (χ0v) is 10.1. The van der Waals surface area contributed by atoms with Gasteiger partial charge in [-0.25, -0.2) is 8.78 Å². The van der Waals surface area contributed by atoms with Gasteiger partial charge in [-0.3, -0.25) is 10.1 Å². The minimum atomic E-state index is -1.29. The van der Waals surface area contributed by atoms with E-state index in [1.54, 1.807) is 6.07 Å². The molecule has 104 valence electrons. The third kappa shape index (κ3) is 2.87. The minimum absolute atomic E-state index is 0.129. The van der Waals surface area contributed by atoms with Crippen molar-refractivity contribution in [1.82, 2.24) is 0 Å². The Bertz CT molecular complexity index is 662. The minimum Gasteiger partial charge on any atom is -0.375 e. The fourth-order valence-corrected chi connectivity index (χ4v) is 1.72. The molecule has 0 saturated carbocycles. The van der Waals surface area contributed by atoms with E-state index in [0.717, 1.165) is 6.07 Å². The summed E-state index contributed by atoms with van der Waals surface area (Å²) in [5, 5.41) is 13.2. The lowest BCUT2D eigenvalue weighted by atomic mass is 10.2. The van der Waals surface area contributed by atoms with E-state index in [4.69, 9.17) is 0 Å². The second kappa shape index (κ2) is 5.60. The van der Waals surface area contributed by atoms with Crippen LogP contribution in [0.4, 0.5) is 24.5 Å². The van der Waals surface area contributed by atoms with Crippen LogP contribution in [-0.4, -0.2) is 4.92 Å². The smallest absolute Gasteiger partial charge is 0.327 e. The van der Waals surface area contributed by atoms with Gasteiger partial charge in [0.05, 0.1) is 4.92 Å². The first-order valence-electron chi connectivity index (χ1n) is 5.59. The van der Waals surface area contributed by atoms with Crippen LogP contribution in [0.15, 0.2) is 36.4 Å². The molecule has 0 unspecified atom stereocenters. The molecule has 20 heavy (non-hydrogen) atoms. The van der Waals surface area contributed by atoms with Gasteiger partial charge in [-0.2, -0.15) is 4.39 Å². The number of nitrogens with one attached hydrogen (secondary N) is 1. The molecule has 0 fully saturated rings. The van der Waals surface area contributed by atoms with E-state index in [9.17, 15) is 23.3 Å². The highest BCUT2D eigenvalue weighted by molar-refractivity contribution is 5.62. The normalized spacial score (nSPS) is 10.3. The summed E-state index contributed by atoms with van der Waals surface area (Å²) in [6, 6.07) is 6.97. The van der Waals surface area contributed by atoms with Crippen molar-refractivity contribution in [2.75, 3.05) is 5.32 Å². The van der Waals surface area contributed by atoms with Crippen LogP contribution in [0.5, 0.6) is 0 Å². The summed E-state index contributed by atoms with van der Waals surface area (Å²) in [6.45, 7) is -0.129. The van der Waals surface area contributed by atoms with Crippen LogP contribution in [0.2, 0.25) is 0 Å². The predicted molar refractivity (Wildman–Crippen MR) is 66.7 cm³/mol. The molecule has 0 amide bonds. The first kappa shape index (κ1) is 13.9. The van der Waals surface area contributed by atoms with Crippen molar-refractivity contribution in [3.05, 3.63) is 69.5 Å². The Kier molecular flexibility index (Phi) is 3.88. The van der Waals surface area contributed by atoms with Gasteiger partial charge >= 0.3 is 5.69 Å². The summed E-state index contributed by atoms with van der Waals surface area (Å²) in [4.78, 5) is 9.80. The molecule has 2 rings (SSSR count). The second-order valence-corrected chi connectivity index (χ2v) is 3.99. The molecule has 0 atom stereocenters. The van der Waals surface area contributed by atoms with Crippen LogP contribution in [0.25, 0.3) is 0 Å². The lowest BCUT2D eigenvalue weighted by Crippen LogP contribution is -2.06. The first-order valence-corrected chi connectivity index (χ1v) is 5.59. The molecule has 0 aliphatic carbocycles. The van der Waals surface area contributed by atoms with Crippen LogP contribution in [-0.2, 0) is 6.54 Å². The van der Waals surface area contributed by atoms with E-state index in [2.05, 4.69) is 5.32 Å². The van der Waals surface area contributed by atoms with Gasteiger partial charge in [-0.15, -0.1) is 0 Å². The van der Waals surface area contributed by atoms with E-state index >= 15 is 0 Å². The van der Waals surface area contributed by atoms with Crippen molar-refractivity contribution in [2.45, 2.75) is 6.54 Å². The van der Waals surface area contributed by atoms with Crippen LogP contribution < -0.4 is 5.32 Å². The van der Waals surface area contributed by atoms with Crippen molar-refractivity contribution >= 4 is 11.4 Å². The highest BCUT2D eigenvalue weighted by Gasteiger charge is 2.21. The van der Waals surface area contributed by atoms with Crippen molar-refractivity contribution in [3.63, 3.8) is 0 Å². The SMILES string of the molecule is O=[N+]([O-])c1c(F)cc(F)cc1NCc1ccccc1F. The maximum Gasteiger partial charge on any atom is 0.327 e. The molecular formula is C13H9F3N2O2. The molecule has 1 N–H and O–H groups in total. The third-order valence-electron chi connectivity index (χ3n) is 2.64. The van der Waals surface area contributed by atoms with Crippen molar-refractivity contribution in [1.29, 1.82) is 0 Å². The summed E-state index contributed by atoms with van der Waals surface area (Å²) < 4.78 is 39.9. The fraction of sp³-hybridized carbons (Fsp3) is 0.0769. The van der Waals surface area contributed by atoms with E-state index in [0.29, 0.717) is 6.07 Å². The Hall–Kier alpha value is -2.57. The molecule has 0 bridgehead atoms. The Labute approximate surface area is 112 Å². The van der Waals surface area contributed by atoms with Crippen molar-refractivity contribution < 1.29 is 18.1 Å². The number of nitrogens with zero attached hydrogens (tertiary/aromatic N) is 1. The molecular weight excluding hydrogens is 273 g/mol. The van der Waals surface area contributed by atoms with E-state index < -0.39 is 28.1 Å². The van der Waals surface area contributed by atoms with Gasteiger partial charge in [-0.1, -0.05) is 18.2 Å². The van der Waals surface area contributed by atoms with Crippen LogP contribution in [0.1, 0.15) is 5.56 Å². The van der Waals surface area contributed by atoms with E-state index in [1.807, 2.05) is 0 Å². The Balaban J connectivity index is 2.30. The lowest BCUT2D eigenvalue weighted by Gasteiger charge is -2.08. The molecule has 0 aromatic heterocycles. The van der Waals surface area contributed by atoms with Gasteiger partial charge in [0.15, 0.2) is 0 Å². The number of nitro benzene ring substituents is 1. The van der Waals surface area contributed by atoms with E-state index in [-0.39, 0.29) is 17.8 Å². The summed E-state index contributed by atoms with van der Waals surface area (Å²) in [5.41, 5.74) is -0.982. The third-order valence-corrected chi connectivity index (χ3v) is 2.64. The lowest BCUT2D eigenvalue weighted by molar-refractivity contribution is -0.386. The highest BCUT2D eigenvalue weighted by Crippen LogP contribution is 2.29. The number of nitro groups is 1. The molecule has 7 heteroatoms. The van der Waals surface area contributed by atoms with Gasteiger partial charge in [-0.05, 0) is 6.07 Å². The zero-order chi connectivity index (χ0) is 14.7. The molecule has 4 nitrogen and oxygen atoms in total. The van der Waals surface area contributed by atoms with Gasteiger partial charge < -0.3 is 5.32 Å². The second-order valence-electron chi connectivity index (χ2n) is 3.99. The number of hydrogen-bond donors (Lipinski definition) is 1. The summed E-state index contributed by atoms with van der Waals surface area (Å²) in [5.74, 6) is -2.75. The Morgan fingerprint density at radius 1 is 1.10 bits per heavy atom. The Morgan fingerprint density at radius 3 is 2.45 bits per heavy atom. The maximum absolute atomic E-state index is 13.4. The molecule has 0 aliphatic rings. The topological polar surface area (TPSA) is 55.2 Å². The average Bonchev–Trinajstić information content (AvgIpc) is 2.36. The summed E-state index contributed by atoms with van der Waals surface area (Å²) in [7, 11) is 0. The van der Waals surface area contributed by atoms with Gasteiger partial charge in [0.2, 0.25) is 5.82 Å². The van der Waals surface area contributed by atoms with Crippen LogP contribution in [0, 0.1) is 27.6 Å².